The Hall–Kier alpha value is -1.03. The summed E-state index contributed by atoms with van der Waals surface area (Å²) in [6.45, 7) is 11.2. The van der Waals surface area contributed by atoms with E-state index in [-0.39, 0.29) is 0 Å². The van der Waals surface area contributed by atoms with Crippen molar-refractivity contribution in [3.05, 3.63) is 11.8 Å². The van der Waals surface area contributed by atoms with Gasteiger partial charge in [0, 0.05) is 5.92 Å². The molecule has 0 bridgehead atoms. The predicted molar refractivity (Wildman–Crippen MR) is 94.0 cm³/mol. The topological polar surface area (TPSA) is 60.4 Å². The van der Waals surface area contributed by atoms with Crippen LogP contribution in [0.2, 0.25) is 0 Å². The Morgan fingerprint density at radius 2 is 1.70 bits per heavy atom. The fraction of sp³-hybridized carbons (Fsp3) is 0.842. The Morgan fingerprint density at radius 1 is 1.09 bits per heavy atom. The number of aliphatic carboxylic acids is 1. The summed E-state index contributed by atoms with van der Waals surface area (Å²) in [6, 6.07) is 0. The number of carboxylic acid groups (broad SMARTS) is 1. The number of carbonyl (C=O) groups excluding carboxylic acids is 1. The van der Waals surface area contributed by atoms with Gasteiger partial charge in [-0.25, -0.2) is 0 Å². The lowest BCUT2D eigenvalue weighted by molar-refractivity contribution is -0.927. The molecule has 0 aromatic rings. The number of unbranched alkanes of at least 4 members (excludes halogenated alkanes) is 3. The minimum absolute atomic E-state index is 0.413. The van der Waals surface area contributed by atoms with E-state index < -0.39 is 11.9 Å². The molecule has 4 heteroatoms. The summed E-state index contributed by atoms with van der Waals surface area (Å²) in [7, 11) is 0. The molecule has 0 aromatic carbocycles. The van der Waals surface area contributed by atoms with Crippen LogP contribution in [-0.4, -0.2) is 41.7 Å². The third kappa shape index (κ3) is 8.99. The summed E-state index contributed by atoms with van der Waals surface area (Å²) in [5.74, 6) is -0.995. The molecule has 0 aliphatic rings. The van der Waals surface area contributed by atoms with E-state index in [1.807, 2.05) is 13.0 Å². The molecular weight excluding hydrogens is 290 g/mol. The van der Waals surface area contributed by atoms with Crippen molar-refractivity contribution < 1.29 is 19.5 Å². The zero-order valence-corrected chi connectivity index (χ0v) is 15.6. The third-order valence-corrected chi connectivity index (χ3v) is 4.51. The average Bonchev–Trinajstić information content (AvgIpc) is 2.49. The lowest BCUT2D eigenvalue weighted by Crippen LogP contribution is -2.55. The molecule has 0 aliphatic heterocycles. The maximum absolute atomic E-state index is 11.3. The number of quaternary nitrogens is 1. The van der Waals surface area contributed by atoms with E-state index in [9.17, 15) is 15.0 Å². The summed E-state index contributed by atoms with van der Waals surface area (Å²) < 4.78 is 0.648. The van der Waals surface area contributed by atoms with Crippen LogP contribution in [0, 0.1) is 5.92 Å². The Morgan fingerprint density at radius 3 is 2.13 bits per heavy atom. The maximum atomic E-state index is 11.3. The lowest BCUT2D eigenvalue weighted by atomic mass is 10.0. The van der Waals surface area contributed by atoms with Gasteiger partial charge < -0.3 is 19.5 Å². The zero-order chi connectivity index (χ0) is 17.7. The van der Waals surface area contributed by atoms with Crippen molar-refractivity contribution in [2.75, 3.05) is 26.2 Å². The number of carbonyl (C=O) groups is 1. The molecule has 0 saturated carbocycles. The maximum Gasteiger partial charge on any atom is 0.143 e. The molecule has 0 amide bonds. The monoisotopic (exact) mass is 327 g/mol. The minimum atomic E-state index is -0.964. The van der Waals surface area contributed by atoms with Crippen molar-refractivity contribution in [1.29, 1.82) is 0 Å². The van der Waals surface area contributed by atoms with E-state index in [1.54, 1.807) is 0 Å². The fourth-order valence-corrected chi connectivity index (χ4v) is 3.37. The van der Waals surface area contributed by atoms with Crippen LogP contribution in [-0.2, 0) is 4.79 Å². The van der Waals surface area contributed by atoms with Gasteiger partial charge in [-0.2, -0.15) is 0 Å². The minimum Gasteiger partial charge on any atom is -0.550 e. The standard InChI is InChI=1S/C19H37NO3/c1-5-9-10-11-12-18(21)16-20(13-6-2,14-7-3)15-17(8-4)19(22)23/h12,17H,5-11,13-16H2,1-4H3,(H-,21,22,23)/b18-12-. The van der Waals surface area contributed by atoms with Gasteiger partial charge in [0.15, 0.2) is 0 Å². The van der Waals surface area contributed by atoms with Gasteiger partial charge in [-0.05, 0) is 38.2 Å². The van der Waals surface area contributed by atoms with Crippen LogP contribution in [0.4, 0.5) is 0 Å². The molecule has 0 heterocycles. The van der Waals surface area contributed by atoms with Gasteiger partial charge in [0.25, 0.3) is 0 Å². The molecule has 1 unspecified atom stereocenters. The van der Waals surface area contributed by atoms with Crippen LogP contribution in [0.25, 0.3) is 0 Å². The number of aliphatic hydroxyl groups excluding tert-OH is 1. The van der Waals surface area contributed by atoms with Gasteiger partial charge in [0.2, 0.25) is 0 Å². The van der Waals surface area contributed by atoms with Crippen molar-refractivity contribution in [2.45, 2.75) is 72.6 Å². The Kier molecular flexibility index (Phi) is 11.8. The van der Waals surface area contributed by atoms with E-state index in [4.69, 9.17) is 0 Å². The van der Waals surface area contributed by atoms with Crippen LogP contribution in [0.15, 0.2) is 11.8 Å². The number of carboxylic acids is 1. The summed E-state index contributed by atoms with van der Waals surface area (Å²) in [4.78, 5) is 11.3. The quantitative estimate of drug-likeness (QED) is 0.302. The highest BCUT2D eigenvalue weighted by Crippen LogP contribution is 2.19. The smallest absolute Gasteiger partial charge is 0.143 e. The van der Waals surface area contributed by atoms with Crippen molar-refractivity contribution >= 4 is 5.97 Å². The number of hydrogen-bond donors (Lipinski definition) is 1. The van der Waals surface area contributed by atoms with Crippen molar-refractivity contribution in [3.8, 4) is 0 Å². The molecule has 0 saturated heterocycles. The Labute approximate surface area is 142 Å². The second kappa shape index (κ2) is 12.4. The highest BCUT2D eigenvalue weighted by atomic mass is 16.4. The zero-order valence-electron chi connectivity index (χ0n) is 15.6. The van der Waals surface area contributed by atoms with Gasteiger partial charge in [-0.3, -0.25) is 0 Å². The number of aliphatic hydroxyl groups is 1. The van der Waals surface area contributed by atoms with Gasteiger partial charge in [0.05, 0.1) is 25.6 Å². The molecule has 0 fully saturated rings. The van der Waals surface area contributed by atoms with Crippen LogP contribution < -0.4 is 5.11 Å². The molecule has 23 heavy (non-hydrogen) atoms. The summed E-state index contributed by atoms with van der Waals surface area (Å²) in [5, 5.41) is 21.7. The first-order valence-electron chi connectivity index (χ1n) is 9.38. The molecule has 0 radical (unpaired) electrons. The van der Waals surface area contributed by atoms with Crippen LogP contribution in [0.1, 0.15) is 72.6 Å². The predicted octanol–water partition coefficient (Wildman–Crippen LogP) is 3.42. The molecule has 0 spiro atoms. The summed E-state index contributed by atoms with van der Waals surface area (Å²) in [6.07, 6.45) is 8.80. The van der Waals surface area contributed by atoms with E-state index in [2.05, 4.69) is 20.8 Å². The molecule has 1 atom stereocenters. The second-order valence-corrected chi connectivity index (χ2v) is 6.74. The normalized spacial score (nSPS) is 14.0. The third-order valence-electron chi connectivity index (χ3n) is 4.51. The number of rotatable bonds is 14. The van der Waals surface area contributed by atoms with Crippen LogP contribution >= 0.6 is 0 Å². The van der Waals surface area contributed by atoms with Crippen LogP contribution in [0.5, 0.6) is 0 Å². The molecular formula is C19H37NO3. The van der Waals surface area contributed by atoms with Gasteiger partial charge in [-0.1, -0.05) is 40.5 Å². The van der Waals surface area contributed by atoms with E-state index in [1.165, 1.54) is 12.8 Å². The Bertz CT molecular complexity index is 347. The molecule has 136 valence electrons. The SMILES string of the molecule is CCCCC/C=C(\O)C[N+](CCC)(CCC)CC(CC)C(=O)[O-]. The highest BCUT2D eigenvalue weighted by Gasteiger charge is 2.30. The van der Waals surface area contributed by atoms with Crippen molar-refractivity contribution in [2.24, 2.45) is 5.92 Å². The van der Waals surface area contributed by atoms with Crippen molar-refractivity contribution in [3.63, 3.8) is 0 Å². The molecule has 4 nitrogen and oxygen atoms in total. The first kappa shape index (κ1) is 22.0. The lowest BCUT2D eigenvalue weighted by Gasteiger charge is -2.41. The first-order chi connectivity index (χ1) is 10.9. The largest absolute Gasteiger partial charge is 0.550 e. The van der Waals surface area contributed by atoms with E-state index >= 15 is 0 Å². The van der Waals surface area contributed by atoms with Gasteiger partial charge in [0.1, 0.15) is 12.3 Å². The molecule has 0 rings (SSSR count). The van der Waals surface area contributed by atoms with Crippen molar-refractivity contribution in [1.82, 2.24) is 0 Å². The summed E-state index contributed by atoms with van der Waals surface area (Å²) >= 11 is 0. The number of allylic oxidation sites excluding steroid dienone is 1. The van der Waals surface area contributed by atoms with Gasteiger partial charge >= 0.3 is 0 Å². The average molecular weight is 328 g/mol. The highest BCUT2D eigenvalue weighted by molar-refractivity contribution is 5.67. The second-order valence-electron chi connectivity index (χ2n) is 6.74. The van der Waals surface area contributed by atoms with Gasteiger partial charge in [-0.15, -0.1) is 0 Å². The number of nitrogens with zero attached hydrogens (tertiary/aromatic N) is 1. The Balaban J connectivity index is 5.05. The van der Waals surface area contributed by atoms with E-state index in [0.717, 1.165) is 38.8 Å². The molecule has 0 aliphatic carbocycles. The molecule has 0 aromatic heterocycles. The van der Waals surface area contributed by atoms with E-state index in [0.29, 0.717) is 29.8 Å². The van der Waals surface area contributed by atoms with Crippen LogP contribution in [0.3, 0.4) is 0 Å². The number of hydrogen-bond acceptors (Lipinski definition) is 3. The molecule has 1 N–H and O–H groups in total. The summed E-state index contributed by atoms with van der Waals surface area (Å²) in [5.41, 5.74) is 0. The first-order valence-corrected chi connectivity index (χ1v) is 9.38. The fourth-order valence-electron chi connectivity index (χ4n) is 3.37.